The minimum atomic E-state index is -0.574. The molecule has 0 bridgehead atoms. The Bertz CT molecular complexity index is 1970. The van der Waals surface area contributed by atoms with E-state index in [1.807, 2.05) is 0 Å². The van der Waals surface area contributed by atoms with Gasteiger partial charge < -0.3 is 9.97 Å². The minimum Gasteiger partial charge on any atom is -0.306 e. The van der Waals surface area contributed by atoms with Crippen molar-refractivity contribution in [1.29, 1.82) is 0 Å². The van der Waals surface area contributed by atoms with Gasteiger partial charge in [-0.3, -0.25) is 9.59 Å². The summed E-state index contributed by atoms with van der Waals surface area (Å²) in [5.74, 6) is 0. The quantitative estimate of drug-likeness (QED) is 0.339. The van der Waals surface area contributed by atoms with E-state index in [-0.39, 0.29) is 0 Å². The van der Waals surface area contributed by atoms with E-state index in [1.54, 1.807) is 72.8 Å². The van der Waals surface area contributed by atoms with Gasteiger partial charge in [0.2, 0.25) is 0 Å². The lowest BCUT2D eigenvalue weighted by Crippen LogP contribution is -2.33. The van der Waals surface area contributed by atoms with Gasteiger partial charge in [0, 0.05) is 10.0 Å². The van der Waals surface area contributed by atoms with Crippen molar-refractivity contribution < 1.29 is 0 Å². The maximum atomic E-state index is 13.0. The highest BCUT2D eigenvalue weighted by atomic mass is 35.5. The number of rotatable bonds is 3. The molecular weight excluding hydrogens is 527 g/mol. The smallest absolute Gasteiger partial charge is 0.306 e. The Balaban J connectivity index is 1.36. The second-order valence-corrected chi connectivity index (χ2v) is 9.49. The van der Waals surface area contributed by atoms with E-state index in [1.165, 1.54) is 12.1 Å². The summed E-state index contributed by atoms with van der Waals surface area (Å²) in [5.41, 5.74) is 1.12. The summed E-state index contributed by atoms with van der Waals surface area (Å²) in [5, 5.41) is 1.52. The van der Waals surface area contributed by atoms with Crippen LogP contribution >= 0.6 is 23.2 Å². The van der Waals surface area contributed by atoms with Gasteiger partial charge in [-0.15, -0.1) is 0 Å². The van der Waals surface area contributed by atoms with E-state index in [2.05, 4.69) is 9.97 Å². The number of nitrogens with one attached hydrogen (secondary N) is 2. The fraction of sp³-hybridized carbons (Fsp3) is 0. The molecule has 0 radical (unpaired) electrons. The highest BCUT2D eigenvalue weighted by Crippen LogP contribution is 2.22. The molecule has 0 aliphatic rings. The van der Waals surface area contributed by atoms with Crippen LogP contribution in [0.4, 0.5) is 0 Å². The highest BCUT2D eigenvalue weighted by Gasteiger charge is 2.12. The average Bonchev–Trinajstić information content (AvgIpc) is 2.89. The number of aromatic amines is 2. The average molecular weight is 543 g/mol. The van der Waals surface area contributed by atoms with E-state index in [4.69, 9.17) is 23.2 Å². The van der Waals surface area contributed by atoms with E-state index in [9.17, 15) is 19.2 Å². The first-order chi connectivity index (χ1) is 18.3. The van der Waals surface area contributed by atoms with Crippen molar-refractivity contribution in [3.63, 3.8) is 0 Å². The van der Waals surface area contributed by atoms with Crippen LogP contribution in [0.2, 0.25) is 10.0 Å². The van der Waals surface area contributed by atoms with Crippen LogP contribution in [0, 0.1) is 0 Å². The number of nitrogens with zero attached hydrogens (tertiary/aromatic N) is 2. The summed E-state index contributed by atoms with van der Waals surface area (Å²) < 4.78 is 2.13. The SMILES string of the molecule is O=c1[nH]c2cc(Cl)ccc2c(=O)n1-c1ccc(-c2ccc(-n3c(=O)[nH]c4cc(Cl)ccc4c3=O)cc2)cc1. The molecule has 4 aromatic carbocycles. The number of hydrogen-bond acceptors (Lipinski definition) is 4. The van der Waals surface area contributed by atoms with Gasteiger partial charge in [0.05, 0.1) is 33.2 Å². The normalized spacial score (nSPS) is 11.3. The number of fused-ring (bicyclic) bond motifs is 2. The first kappa shape index (κ1) is 23.7. The minimum absolute atomic E-state index is 0.343. The molecule has 8 nitrogen and oxygen atoms in total. The maximum Gasteiger partial charge on any atom is 0.333 e. The molecule has 0 amide bonds. The van der Waals surface area contributed by atoms with Crippen molar-refractivity contribution in [2.24, 2.45) is 0 Å². The van der Waals surface area contributed by atoms with Crippen LogP contribution in [0.25, 0.3) is 44.3 Å². The fourth-order valence-electron chi connectivity index (χ4n) is 4.46. The third kappa shape index (κ3) is 3.96. The Hall–Kier alpha value is -4.66. The maximum absolute atomic E-state index is 13.0. The van der Waals surface area contributed by atoms with Gasteiger partial charge >= 0.3 is 11.4 Å². The van der Waals surface area contributed by atoms with Crippen LogP contribution in [0.1, 0.15) is 0 Å². The van der Waals surface area contributed by atoms with Crippen LogP contribution in [0.5, 0.6) is 0 Å². The molecule has 0 atom stereocenters. The fourth-order valence-corrected chi connectivity index (χ4v) is 4.80. The number of benzene rings is 4. The molecule has 0 saturated carbocycles. The van der Waals surface area contributed by atoms with Crippen molar-refractivity contribution in [2.75, 3.05) is 0 Å². The molecule has 0 aliphatic heterocycles. The lowest BCUT2D eigenvalue weighted by atomic mass is 10.0. The number of aromatic nitrogens is 4. The van der Waals surface area contributed by atoms with E-state index >= 15 is 0 Å². The van der Waals surface area contributed by atoms with Crippen LogP contribution < -0.4 is 22.5 Å². The molecule has 0 spiro atoms. The highest BCUT2D eigenvalue weighted by molar-refractivity contribution is 6.31. The first-order valence-corrected chi connectivity index (χ1v) is 12.2. The van der Waals surface area contributed by atoms with Crippen LogP contribution in [-0.2, 0) is 0 Å². The van der Waals surface area contributed by atoms with Gasteiger partial charge in [-0.05, 0) is 71.8 Å². The lowest BCUT2D eigenvalue weighted by molar-refractivity contribution is 0.901. The Morgan fingerprint density at radius 3 is 1.24 bits per heavy atom. The molecule has 2 heterocycles. The molecule has 2 N–H and O–H groups in total. The number of hydrogen-bond donors (Lipinski definition) is 2. The first-order valence-electron chi connectivity index (χ1n) is 11.4. The molecule has 0 saturated heterocycles. The number of H-pyrrole nitrogens is 2. The van der Waals surface area contributed by atoms with Gasteiger partial charge in [0.1, 0.15) is 0 Å². The van der Waals surface area contributed by atoms with Gasteiger partial charge in [-0.1, -0.05) is 47.5 Å². The Kier molecular flexibility index (Phi) is 5.63. The van der Waals surface area contributed by atoms with Crippen molar-refractivity contribution in [2.45, 2.75) is 0 Å². The van der Waals surface area contributed by atoms with Crippen LogP contribution in [0.3, 0.4) is 0 Å². The van der Waals surface area contributed by atoms with Crippen molar-refractivity contribution in [3.8, 4) is 22.5 Å². The monoisotopic (exact) mass is 542 g/mol. The summed E-state index contributed by atoms with van der Waals surface area (Å²) >= 11 is 11.9. The third-order valence-electron chi connectivity index (χ3n) is 6.30. The van der Waals surface area contributed by atoms with Crippen molar-refractivity contribution >= 4 is 45.0 Å². The zero-order valence-corrected chi connectivity index (χ0v) is 20.9. The van der Waals surface area contributed by atoms with E-state index < -0.39 is 22.5 Å². The zero-order chi connectivity index (χ0) is 26.6. The largest absolute Gasteiger partial charge is 0.333 e. The molecule has 0 fully saturated rings. The molecule has 10 heteroatoms. The second kappa shape index (κ2) is 9.02. The third-order valence-corrected chi connectivity index (χ3v) is 6.77. The number of halogens is 2. The topological polar surface area (TPSA) is 110 Å². The Morgan fingerprint density at radius 1 is 0.500 bits per heavy atom. The molecule has 0 aliphatic carbocycles. The van der Waals surface area contributed by atoms with Crippen LogP contribution in [-0.4, -0.2) is 19.1 Å². The van der Waals surface area contributed by atoms with Gasteiger partial charge in [-0.25, -0.2) is 18.7 Å². The van der Waals surface area contributed by atoms with Gasteiger partial charge in [-0.2, -0.15) is 0 Å². The Morgan fingerprint density at radius 2 is 0.868 bits per heavy atom. The van der Waals surface area contributed by atoms with Crippen molar-refractivity contribution in [1.82, 2.24) is 19.1 Å². The van der Waals surface area contributed by atoms with Gasteiger partial charge in [0.15, 0.2) is 0 Å². The van der Waals surface area contributed by atoms with Crippen molar-refractivity contribution in [3.05, 3.63) is 137 Å². The molecular formula is C28H16Cl2N4O4. The van der Waals surface area contributed by atoms with Crippen LogP contribution in [0.15, 0.2) is 104 Å². The molecule has 0 unspecified atom stereocenters. The van der Waals surface area contributed by atoms with E-state index in [0.717, 1.165) is 20.3 Å². The summed E-state index contributed by atoms with van der Waals surface area (Å²) in [7, 11) is 0. The molecule has 38 heavy (non-hydrogen) atoms. The molecule has 6 aromatic rings. The predicted octanol–water partition coefficient (Wildman–Crippen LogP) is 4.65. The molecule has 186 valence electrons. The summed E-state index contributed by atoms with van der Waals surface area (Å²) in [6.45, 7) is 0. The second-order valence-electron chi connectivity index (χ2n) is 8.61. The zero-order valence-electron chi connectivity index (χ0n) is 19.4. The summed E-state index contributed by atoms with van der Waals surface area (Å²) in [4.78, 5) is 56.6. The summed E-state index contributed by atoms with van der Waals surface area (Å²) in [6, 6.07) is 23.2. The van der Waals surface area contributed by atoms with E-state index in [0.29, 0.717) is 43.2 Å². The van der Waals surface area contributed by atoms with Gasteiger partial charge in [0.25, 0.3) is 11.1 Å². The Labute approximate surface area is 223 Å². The molecule has 6 rings (SSSR count). The predicted molar refractivity (Wildman–Crippen MR) is 149 cm³/mol. The molecule has 2 aromatic heterocycles. The summed E-state index contributed by atoms with van der Waals surface area (Å²) in [6.07, 6.45) is 0. The standard InChI is InChI=1S/C28H16Cl2N4O4/c29-17-5-11-21-23(13-17)31-27(37)33(25(21)35)19-7-1-15(2-8-19)16-3-9-20(10-4-16)34-26(36)22-12-6-18(30)14-24(22)32-28(34)38/h1-14H,(H,31,37)(H,32,38). The lowest BCUT2D eigenvalue weighted by Gasteiger charge is -2.10.